The number of aliphatic carboxylic acids is 1. The third-order valence-electron chi connectivity index (χ3n) is 5.90. The molecule has 0 saturated carbocycles. The molecule has 1 amide bonds. The molecule has 11 heteroatoms. The summed E-state index contributed by atoms with van der Waals surface area (Å²) in [5.41, 5.74) is 0.0781. The van der Waals surface area contributed by atoms with Crippen molar-refractivity contribution >= 4 is 40.9 Å². The van der Waals surface area contributed by atoms with Gasteiger partial charge in [0.1, 0.15) is 0 Å². The maximum absolute atomic E-state index is 13.2. The minimum Gasteiger partial charge on any atom is -0.480 e. The van der Waals surface area contributed by atoms with Crippen LogP contribution in [0.25, 0.3) is 10.9 Å². The quantitative estimate of drug-likeness (QED) is 0.563. The Kier molecular flexibility index (Phi) is 12.3. The lowest BCUT2D eigenvalue weighted by Gasteiger charge is -2.34. The first kappa shape index (κ1) is 30.4. The summed E-state index contributed by atoms with van der Waals surface area (Å²) in [6.07, 6.45) is -1.25. The van der Waals surface area contributed by atoms with Gasteiger partial charge in [-0.15, -0.1) is 12.4 Å². The van der Waals surface area contributed by atoms with Gasteiger partial charge in [-0.05, 0) is 56.1 Å². The number of likely N-dealkylation sites (N-methyl/N-ethyl adjacent to an activating group) is 1. The number of amides is 1. The smallest absolute Gasteiger partial charge is 0.418 e. The van der Waals surface area contributed by atoms with E-state index in [0.29, 0.717) is 17.8 Å². The molecule has 1 aromatic carbocycles. The number of hydrogen-bond acceptors (Lipinski definition) is 5. The zero-order valence-corrected chi connectivity index (χ0v) is 21.1. The van der Waals surface area contributed by atoms with Crippen molar-refractivity contribution in [1.29, 1.82) is 0 Å². The molecule has 3 rings (SSSR count). The van der Waals surface area contributed by atoms with Crippen LogP contribution in [0.4, 0.5) is 18.9 Å². The van der Waals surface area contributed by atoms with Crippen molar-refractivity contribution in [2.75, 3.05) is 44.2 Å². The summed E-state index contributed by atoms with van der Waals surface area (Å²) in [6.45, 7) is 9.33. The fraction of sp³-hybridized carbons (Fsp3) is 0.542. The van der Waals surface area contributed by atoms with E-state index in [9.17, 15) is 22.8 Å². The van der Waals surface area contributed by atoms with E-state index in [2.05, 4.69) is 15.2 Å². The van der Waals surface area contributed by atoms with Crippen molar-refractivity contribution in [3.63, 3.8) is 0 Å². The molecule has 0 aliphatic carbocycles. The van der Waals surface area contributed by atoms with Gasteiger partial charge in [0.15, 0.2) is 0 Å². The molecule has 35 heavy (non-hydrogen) atoms. The van der Waals surface area contributed by atoms with E-state index in [4.69, 9.17) is 5.11 Å². The monoisotopic (exact) mass is 518 g/mol. The lowest BCUT2D eigenvalue weighted by Crippen LogP contribution is -2.38. The number of alkyl halides is 3. The summed E-state index contributed by atoms with van der Waals surface area (Å²) in [4.78, 5) is 29.0. The van der Waals surface area contributed by atoms with Crippen molar-refractivity contribution in [3.8, 4) is 0 Å². The van der Waals surface area contributed by atoms with Gasteiger partial charge in [0.05, 0.1) is 17.6 Å². The zero-order valence-electron chi connectivity index (χ0n) is 20.3. The second-order valence-electron chi connectivity index (χ2n) is 8.25. The summed E-state index contributed by atoms with van der Waals surface area (Å²) >= 11 is 0. The molecular weight excluding hydrogens is 485 g/mol. The molecule has 2 heterocycles. The highest BCUT2D eigenvalue weighted by atomic mass is 35.5. The average Bonchev–Trinajstić information content (AvgIpc) is 2.80. The van der Waals surface area contributed by atoms with Gasteiger partial charge < -0.3 is 15.3 Å². The molecule has 1 aromatic heterocycles. The SMILES string of the molecule is CC(=O)NCC1CCN(c2ccc(C(F)(F)F)c3ncccc23)CC1.CCN(CC)CC(=O)O.Cl. The van der Waals surface area contributed by atoms with E-state index in [1.807, 2.05) is 18.7 Å². The van der Waals surface area contributed by atoms with Crippen LogP contribution in [0.2, 0.25) is 0 Å². The largest absolute Gasteiger partial charge is 0.480 e. The van der Waals surface area contributed by atoms with Crippen LogP contribution < -0.4 is 10.2 Å². The molecule has 1 saturated heterocycles. The first-order chi connectivity index (χ1) is 16.1. The summed E-state index contributed by atoms with van der Waals surface area (Å²) in [5.74, 6) is -0.389. The van der Waals surface area contributed by atoms with Crippen LogP contribution in [-0.4, -0.2) is 66.1 Å². The number of rotatable bonds is 7. The minimum atomic E-state index is -4.42. The molecule has 0 unspecified atom stereocenters. The third kappa shape index (κ3) is 9.18. The van der Waals surface area contributed by atoms with Crippen LogP contribution in [0, 0.1) is 5.92 Å². The van der Waals surface area contributed by atoms with E-state index < -0.39 is 17.7 Å². The molecule has 1 aliphatic heterocycles. The van der Waals surface area contributed by atoms with Crippen molar-refractivity contribution in [3.05, 3.63) is 36.0 Å². The molecule has 2 N–H and O–H groups in total. The lowest BCUT2D eigenvalue weighted by molar-refractivity contribution is -0.138. The Morgan fingerprint density at radius 3 is 2.29 bits per heavy atom. The van der Waals surface area contributed by atoms with Crippen molar-refractivity contribution < 1.29 is 27.9 Å². The van der Waals surface area contributed by atoms with Crippen molar-refractivity contribution in [2.45, 2.75) is 39.8 Å². The van der Waals surface area contributed by atoms with Crippen LogP contribution in [0.15, 0.2) is 30.5 Å². The average molecular weight is 519 g/mol. The molecule has 0 atom stereocenters. The number of halogens is 4. The predicted molar refractivity (Wildman–Crippen MR) is 133 cm³/mol. The normalized spacial score (nSPS) is 14.2. The van der Waals surface area contributed by atoms with Gasteiger partial charge in [-0.1, -0.05) is 13.8 Å². The Hall–Kier alpha value is -2.59. The number of aromatic nitrogens is 1. The number of fused-ring (bicyclic) bond motifs is 1. The van der Waals surface area contributed by atoms with Gasteiger partial charge >= 0.3 is 12.1 Å². The number of carboxylic acid groups (broad SMARTS) is 1. The van der Waals surface area contributed by atoms with E-state index in [-0.39, 0.29) is 30.4 Å². The number of benzene rings is 1. The number of nitrogens with zero attached hydrogens (tertiary/aromatic N) is 3. The van der Waals surface area contributed by atoms with Gasteiger partial charge in [-0.25, -0.2) is 0 Å². The maximum Gasteiger partial charge on any atom is 0.418 e. The lowest BCUT2D eigenvalue weighted by atomic mass is 9.95. The van der Waals surface area contributed by atoms with Crippen LogP contribution in [0.3, 0.4) is 0 Å². The third-order valence-corrected chi connectivity index (χ3v) is 5.90. The molecule has 0 spiro atoms. The minimum absolute atomic E-state index is 0. The number of pyridine rings is 1. The number of anilines is 1. The number of carboxylic acids is 1. The van der Waals surface area contributed by atoms with Crippen LogP contribution in [0.1, 0.15) is 39.2 Å². The molecule has 1 aliphatic rings. The Morgan fingerprint density at radius 1 is 1.17 bits per heavy atom. The Labute approximate surface area is 210 Å². The fourth-order valence-electron chi connectivity index (χ4n) is 3.97. The van der Waals surface area contributed by atoms with E-state index >= 15 is 0 Å². The van der Waals surface area contributed by atoms with E-state index in [0.717, 1.165) is 50.8 Å². The summed E-state index contributed by atoms with van der Waals surface area (Å²) < 4.78 is 39.6. The Morgan fingerprint density at radius 2 is 1.80 bits per heavy atom. The van der Waals surface area contributed by atoms with Crippen LogP contribution in [-0.2, 0) is 15.8 Å². The summed E-state index contributed by atoms with van der Waals surface area (Å²) in [6, 6.07) is 6.01. The number of piperidine rings is 1. The molecule has 2 aromatic rings. The Bertz CT molecular complexity index is 963. The van der Waals surface area contributed by atoms with Crippen LogP contribution >= 0.6 is 12.4 Å². The second-order valence-corrected chi connectivity index (χ2v) is 8.25. The van der Waals surface area contributed by atoms with Gasteiger partial charge in [-0.3, -0.25) is 19.5 Å². The van der Waals surface area contributed by atoms with Gasteiger partial charge in [0.25, 0.3) is 0 Å². The standard InChI is InChI=1S/C18H20F3N3O.C6H13NO2.ClH/c1-12(25)23-11-13-6-9-24(10-7-13)16-5-4-15(18(19,20)21)17-14(16)3-2-8-22-17;1-3-7(4-2)5-6(8)9;/h2-5,8,13H,6-7,9-11H2,1H3,(H,23,25);3-5H2,1-2H3,(H,8,9);1H. The summed E-state index contributed by atoms with van der Waals surface area (Å²) in [7, 11) is 0. The van der Waals surface area contributed by atoms with Crippen LogP contribution in [0.5, 0.6) is 0 Å². The molecule has 196 valence electrons. The maximum atomic E-state index is 13.2. The molecule has 7 nitrogen and oxygen atoms in total. The molecule has 1 fully saturated rings. The first-order valence-corrected chi connectivity index (χ1v) is 11.4. The number of carbonyl (C=O) groups excluding carboxylic acids is 1. The number of hydrogen-bond donors (Lipinski definition) is 2. The summed E-state index contributed by atoms with van der Waals surface area (Å²) in [5, 5.41) is 11.7. The first-order valence-electron chi connectivity index (χ1n) is 11.4. The predicted octanol–water partition coefficient (Wildman–Crippen LogP) is 4.44. The zero-order chi connectivity index (χ0) is 25.3. The van der Waals surface area contributed by atoms with Gasteiger partial charge in [-0.2, -0.15) is 13.2 Å². The second kappa shape index (κ2) is 14.1. The number of nitrogens with one attached hydrogen (secondary N) is 1. The molecular formula is C24H34ClF3N4O3. The highest BCUT2D eigenvalue weighted by Gasteiger charge is 2.34. The Balaban J connectivity index is 0.000000526. The molecule has 0 bridgehead atoms. The van der Waals surface area contributed by atoms with Gasteiger partial charge in [0.2, 0.25) is 5.91 Å². The highest BCUT2D eigenvalue weighted by Crippen LogP contribution is 2.38. The van der Waals surface area contributed by atoms with E-state index in [1.54, 1.807) is 18.2 Å². The highest BCUT2D eigenvalue weighted by molar-refractivity contribution is 5.94. The van der Waals surface area contributed by atoms with Gasteiger partial charge in [0, 0.05) is 43.8 Å². The van der Waals surface area contributed by atoms with Crippen molar-refractivity contribution in [2.24, 2.45) is 5.92 Å². The molecule has 0 radical (unpaired) electrons. The van der Waals surface area contributed by atoms with Crippen molar-refractivity contribution in [1.82, 2.24) is 15.2 Å². The fourth-order valence-corrected chi connectivity index (χ4v) is 3.97. The van der Waals surface area contributed by atoms with E-state index in [1.165, 1.54) is 13.1 Å². The topological polar surface area (TPSA) is 85.8 Å². The number of carbonyl (C=O) groups is 2.